The van der Waals surface area contributed by atoms with Crippen molar-refractivity contribution in [1.82, 2.24) is 15.2 Å². The lowest BCUT2D eigenvalue weighted by Crippen LogP contribution is -2.36. The summed E-state index contributed by atoms with van der Waals surface area (Å²) in [6.45, 7) is 12.4. The van der Waals surface area contributed by atoms with E-state index in [9.17, 15) is 9.18 Å². The maximum atomic E-state index is 13.0. The van der Waals surface area contributed by atoms with Gasteiger partial charge in [-0.2, -0.15) is 0 Å². The molecule has 0 saturated carbocycles. The van der Waals surface area contributed by atoms with Gasteiger partial charge in [0.05, 0.1) is 6.54 Å². The Kier molecular flexibility index (Phi) is 7.80. The molecule has 0 spiro atoms. The summed E-state index contributed by atoms with van der Waals surface area (Å²) in [5, 5.41) is 2.80. The molecule has 1 atom stereocenters. The van der Waals surface area contributed by atoms with E-state index < -0.39 is 0 Å². The van der Waals surface area contributed by atoms with Gasteiger partial charge in [0.25, 0.3) is 5.91 Å². The highest BCUT2D eigenvalue weighted by atomic mass is 19.1. The number of carbonyl (C=O) groups excluding carboxylic acids is 1. The summed E-state index contributed by atoms with van der Waals surface area (Å²) in [6, 6.07) is 12.8. The summed E-state index contributed by atoms with van der Waals surface area (Å²) in [6.07, 6.45) is 1.39. The summed E-state index contributed by atoms with van der Waals surface area (Å²) in [5.74, 6) is 0.341. The van der Waals surface area contributed by atoms with Gasteiger partial charge in [-0.1, -0.05) is 49.7 Å². The molecule has 1 aromatic heterocycles. The van der Waals surface area contributed by atoms with Gasteiger partial charge in [-0.15, -0.1) is 0 Å². The maximum absolute atomic E-state index is 13.0. The molecular formula is C26H32FN3O2. The molecule has 3 rings (SSSR count). The van der Waals surface area contributed by atoms with Gasteiger partial charge in [0.1, 0.15) is 12.1 Å². The molecule has 1 N–H and O–H groups in total. The van der Waals surface area contributed by atoms with Gasteiger partial charge in [0, 0.05) is 19.1 Å². The summed E-state index contributed by atoms with van der Waals surface area (Å²) in [4.78, 5) is 19.2. The monoisotopic (exact) mass is 437 g/mol. The zero-order chi connectivity index (χ0) is 23.3. The third-order valence-corrected chi connectivity index (χ3v) is 5.90. The number of carbonyl (C=O) groups is 1. The first kappa shape index (κ1) is 23.7. The highest BCUT2D eigenvalue weighted by Gasteiger charge is 2.21. The Bertz CT molecular complexity index is 1040. The van der Waals surface area contributed by atoms with Gasteiger partial charge < -0.3 is 9.73 Å². The van der Waals surface area contributed by atoms with E-state index in [1.54, 1.807) is 12.1 Å². The van der Waals surface area contributed by atoms with Gasteiger partial charge >= 0.3 is 0 Å². The quantitative estimate of drug-likeness (QED) is 0.486. The minimum atomic E-state index is -0.317. The van der Waals surface area contributed by atoms with Crippen LogP contribution in [-0.2, 0) is 19.6 Å². The number of hydrogen-bond acceptors (Lipinski definition) is 4. The van der Waals surface area contributed by atoms with E-state index in [2.05, 4.69) is 68.0 Å². The molecule has 1 amide bonds. The molecule has 0 aliphatic heterocycles. The smallest absolute Gasteiger partial charge is 0.273 e. The Hall–Kier alpha value is -2.99. The van der Waals surface area contributed by atoms with E-state index in [4.69, 9.17) is 4.42 Å². The predicted octanol–water partition coefficient (Wildman–Crippen LogP) is 5.41. The van der Waals surface area contributed by atoms with Crippen molar-refractivity contribution in [3.05, 3.63) is 88.4 Å². The zero-order valence-electron chi connectivity index (χ0n) is 19.5. The van der Waals surface area contributed by atoms with Crippen molar-refractivity contribution < 1.29 is 13.6 Å². The zero-order valence-corrected chi connectivity index (χ0v) is 19.5. The maximum Gasteiger partial charge on any atom is 0.273 e. The molecule has 3 aromatic rings. The highest BCUT2D eigenvalue weighted by molar-refractivity contribution is 5.91. The van der Waals surface area contributed by atoms with Crippen molar-refractivity contribution in [1.29, 1.82) is 0 Å². The van der Waals surface area contributed by atoms with E-state index in [0.29, 0.717) is 30.9 Å². The molecule has 170 valence electrons. The fraction of sp³-hybridized carbons (Fsp3) is 0.385. The van der Waals surface area contributed by atoms with Gasteiger partial charge in [0.2, 0.25) is 5.89 Å². The lowest BCUT2D eigenvalue weighted by molar-refractivity contribution is 0.0945. The Labute approximate surface area is 189 Å². The number of nitrogens with one attached hydrogen (secondary N) is 1. The van der Waals surface area contributed by atoms with Crippen LogP contribution in [0.1, 0.15) is 59.4 Å². The van der Waals surface area contributed by atoms with Crippen molar-refractivity contribution in [2.24, 2.45) is 5.92 Å². The molecule has 0 aliphatic rings. The fourth-order valence-corrected chi connectivity index (χ4v) is 3.54. The minimum Gasteiger partial charge on any atom is -0.447 e. The highest BCUT2D eigenvalue weighted by Crippen LogP contribution is 2.20. The van der Waals surface area contributed by atoms with E-state index in [1.807, 2.05) is 0 Å². The van der Waals surface area contributed by atoms with Crippen LogP contribution in [0.3, 0.4) is 0 Å². The molecule has 0 fully saturated rings. The van der Waals surface area contributed by atoms with Crippen LogP contribution in [-0.4, -0.2) is 21.8 Å². The molecular weight excluding hydrogens is 405 g/mol. The van der Waals surface area contributed by atoms with Crippen LogP contribution in [0.4, 0.5) is 4.39 Å². The van der Waals surface area contributed by atoms with Crippen molar-refractivity contribution in [3.63, 3.8) is 0 Å². The number of nitrogens with zero attached hydrogens (tertiary/aromatic N) is 2. The Morgan fingerprint density at radius 1 is 1.09 bits per heavy atom. The molecule has 6 heteroatoms. The SMILES string of the molecule is Cc1ccc(CN(Cc2nc(C(=O)NCc3ccc(F)cc3)co2)C(C)C(C)C)c(C)c1. The van der Waals surface area contributed by atoms with Gasteiger partial charge in [0.15, 0.2) is 5.69 Å². The van der Waals surface area contributed by atoms with Crippen LogP contribution in [0.5, 0.6) is 0 Å². The molecule has 0 radical (unpaired) electrons. The van der Waals surface area contributed by atoms with Crippen LogP contribution >= 0.6 is 0 Å². The molecule has 0 bridgehead atoms. The second-order valence-corrected chi connectivity index (χ2v) is 8.76. The summed E-state index contributed by atoms with van der Waals surface area (Å²) in [7, 11) is 0. The standard InChI is InChI=1S/C26H32FN3O2/c1-17(2)20(5)30(14-22-9-6-18(3)12-19(22)4)15-25-29-24(16-32-25)26(31)28-13-21-7-10-23(27)11-8-21/h6-12,16-17,20H,13-15H2,1-5H3,(H,28,31). The van der Waals surface area contributed by atoms with Crippen molar-refractivity contribution >= 4 is 5.91 Å². The van der Waals surface area contributed by atoms with Crippen LogP contribution in [0.15, 0.2) is 53.1 Å². The molecule has 0 saturated heterocycles. The van der Waals surface area contributed by atoms with Crippen molar-refractivity contribution in [2.45, 2.75) is 60.3 Å². The number of benzene rings is 2. The molecule has 1 unspecified atom stereocenters. The summed E-state index contributed by atoms with van der Waals surface area (Å²) >= 11 is 0. The molecule has 0 aliphatic carbocycles. The number of amides is 1. The van der Waals surface area contributed by atoms with E-state index >= 15 is 0 Å². The van der Waals surface area contributed by atoms with E-state index in [0.717, 1.165) is 12.1 Å². The van der Waals surface area contributed by atoms with Gasteiger partial charge in [-0.05, 0) is 55.5 Å². The third-order valence-electron chi connectivity index (χ3n) is 5.90. The van der Waals surface area contributed by atoms with Crippen molar-refractivity contribution in [2.75, 3.05) is 0 Å². The lowest BCUT2D eigenvalue weighted by atomic mass is 10.0. The lowest BCUT2D eigenvalue weighted by Gasteiger charge is -2.31. The Balaban J connectivity index is 1.67. The summed E-state index contributed by atoms with van der Waals surface area (Å²) in [5.41, 5.74) is 4.84. The Morgan fingerprint density at radius 2 is 1.81 bits per heavy atom. The van der Waals surface area contributed by atoms with E-state index in [1.165, 1.54) is 35.1 Å². The number of aromatic nitrogens is 1. The molecule has 5 nitrogen and oxygen atoms in total. The van der Waals surface area contributed by atoms with Crippen LogP contribution in [0, 0.1) is 25.6 Å². The number of aryl methyl sites for hydroxylation is 2. The summed E-state index contributed by atoms with van der Waals surface area (Å²) < 4.78 is 18.7. The predicted molar refractivity (Wildman–Crippen MR) is 124 cm³/mol. The van der Waals surface area contributed by atoms with Crippen LogP contribution in [0.25, 0.3) is 0 Å². The number of halogens is 1. The first-order valence-corrected chi connectivity index (χ1v) is 11.0. The van der Waals surface area contributed by atoms with Crippen LogP contribution < -0.4 is 5.32 Å². The van der Waals surface area contributed by atoms with Gasteiger partial charge in [-0.3, -0.25) is 9.69 Å². The topological polar surface area (TPSA) is 58.4 Å². The second kappa shape index (κ2) is 10.6. The number of hydrogen-bond donors (Lipinski definition) is 1. The molecule has 2 aromatic carbocycles. The first-order chi connectivity index (χ1) is 15.2. The third kappa shape index (κ3) is 6.26. The van der Waals surface area contributed by atoms with Crippen LogP contribution in [0.2, 0.25) is 0 Å². The average Bonchev–Trinajstić information content (AvgIpc) is 3.22. The molecule has 1 heterocycles. The molecule has 32 heavy (non-hydrogen) atoms. The fourth-order valence-electron chi connectivity index (χ4n) is 3.54. The van der Waals surface area contributed by atoms with E-state index in [-0.39, 0.29) is 17.4 Å². The number of rotatable bonds is 9. The Morgan fingerprint density at radius 3 is 2.47 bits per heavy atom. The first-order valence-electron chi connectivity index (χ1n) is 11.0. The largest absolute Gasteiger partial charge is 0.447 e. The second-order valence-electron chi connectivity index (χ2n) is 8.76. The normalized spacial score (nSPS) is 12.4. The average molecular weight is 438 g/mol. The van der Waals surface area contributed by atoms with Gasteiger partial charge in [-0.25, -0.2) is 9.37 Å². The van der Waals surface area contributed by atoms with Crippen molar-refractivity contribution in [3.8, 4) is 0 Å². The number of oxazole rings is 1. The minimum absolute atomic E-state index is 0.241.